The van der Waals surface area contributed by atoms with Crippen LogP contribution in [-0.4, -0.2) is 12.3 Å². The summed E-state index contributed by atoms with van der Waals surface area (Å²) in [4.78, 5) is 12.6. The lowest BCUT2D eigenvalue weighted by Crippen LogP contribution is -2.16. The van der Waals surface area contributed by atoms with Gasteiger partial charge in [-0.15, -0.1) is 0 Å². The SMILES string of the molecule is Cc1cccc(C(=O)c2cccc3c2CCCN3)c1. The second-order valence-corrected chi connectivity index (χ2v) is 5.06. The Labute approximate surface area is 113 Å². The summed E-state index contributed by atoms with van der Waals surface area (Å²) in [7, 11) is 0. The van der Waals surface area contributed by atoms with Gasteiger partial charge in [0, 0.05) is 23.4 Å². The summed E-state index contributed by atoms with van der Waals surface area (Å²) in [5.74, 6) is 0.129. The van der Waals surface area contributed by atoms with Gasteiger partial charge >= 0.3 is 0 Å². The van der Waals surface area contributed by atoms with E-state index in [4.69, 9.17) is 0 Å². The van der Waals surface area contributed by atoms with Crippen molar-refractivity contribution in [3.63, 3.8) is 0 Å². The maximum Gasteiger partial charge on any atom is 0.193 e. The number of fused-ring (bicyclic) bond motifs is 1. The first-order valence-electron chi connectivity index (χ1n) is 6.73. The zero-order chi connectivity index (χ0) is 13.2. The highest BCUT2D eigenvalue weighted by molar-refractivity contribution is 6.10. The van der Waals surface area contributed by atoms with Crippen LogP contribution in [0.2, 0.25) is 0 Å². The van der Waals surface area contributed by atoms with Crippen LogP contribution < -0.4 is 5.32 Å². The summed E-state index contributed by atoms with van der Waals surface area (Å²) in [6.07, 6.45) is 2.07. The van der Waals surface area contributed by atoms with Gasteiger partial charge in [0.15, 0.2) is 5.78 Å². The number of aryl methyl sites for hydroxylation is 1. The zero-order valence-electron chi connectivity index (χ0n) is 11.1. The Kier molecular flexibility index (Phi) is 3.08. The topological polar surface area (TPSA) is 29.1 Å². The zero-order valence-corrected chi connectivity index (χ0v) is 11.1. The van der Waals surface area contributed by atoms with Crippen molar-refractivity contribution < 1.29 is 4.79 Å². The normalized spacial score (nSPS) is 13.5. The predicted octanol–water partition coefficient (Wildman–Crippen LogP) is 3.58. The van der Waals surface area contributed by atoms with Crippen LogP contribution in [0.1, 0.15) is 33.5 Å². The van der Waals surface area contributed by atoms with E-state index in [9.17, 15) is 4.79 Å². The standard InChI is InChI=1S/C17H17NO/c1-12-5-2-6-13(11-12)17(19)15-7-3-9-16-14(15)8-4-10-18-16/h2-3,5-7,9,11,18H,4,8,10H2,1H3. The Bertz CT molecular complexity index is 631. The molecule has 0 spiro atoms. The molecule has 0 atom stereocenters. The van der Waals surface area contributed by atoms with Gasteiger partial charge in [-0.3, -0.25) is 4.79 Å². The third-order valence-corrected chi connectivity index (χ3v) is 3.62. The molecule has 1 aliphatic rings. The smallest absolute Gasteiger partial charge is 0.193 e. The van der Waals surface area contributed by atoms with Gasteiger partial charge in [0.1, 0.15) is 0 Å². The molecule has 1 N–H and O–H groups in total. The van der Waals surface area contributed by atoms with E-state index in [1.165, 1.54) is 5.56 Å². The molecule has 0 fully saturated rings. The summed E-state index contributed by atoms with van der Waals surface area (Å²) < 4.78 is 0. The van der Waals surface area contributed by atoms with Crippen LogP contribution in [0.3, 0.4) is 0 Å². The Balaban J connectivity index is 2.05. The molecule has 0 unspecified atom stereocenters. The average molecular weight is 251 g/mol. The van der Waals surface area contributed by atoms with Crippen molar-refractivity contribution in [3.8, 4) is 0 Å². The number of ketones is 1. The lowest BCUT2D eigenvalue weighted by molar-refractivity contribution is 0.103. The molecule has 2 nitrogen and oxygen atoms in total. The van der Waals surface area contributed by atoms with Crippen LogP contribution >= 0.6 is 0 Å². The van der Waals surface area contributed by atoms with Gasteiger partial charge in [0.05, 0.1) is 0 Å². The summed E-state index contributed by atoms with van der Waals surface area (Å²) in [5, 5.41) is 3.37. The molecule has 1 heterocycles. The van der Waals surface area contributed by atoms with Gasteiger partial charge in [0.2, 0.25) is 0 Å². The first kappa shape index (κ1) is 12.0. The van der Waals surface area contributed by atoms with Gasteiger partial charge in [0.25, 0.3) is 0 Å². The van der Waals surface area contributed by atoms with Crippen molar-refractivity contribution in [2.75, 3.05) is 11.9 Å². The summed E-state index contributed by atoms with van der Waals surface area (Å²) in [6, 6.07) is 13.8. The lowest BCUT2D eigenvalue weighted by Gasteiger charge is -2.20. The molecule has 0 aromatic heterocycles. The van der Waals surface area contributed by atoms with E-state index in [1.807, 2.05) is 43.3 Å². The van der Waals surface area contributed by atoms with E-state index in [1.54, 1.807) is 0 Å². The largest absolute Gasteiger partial charge is 0.385 e. The Hall–Kier alpha value is -2.09. The van der Waals surface area contributed by atoms with Gasteiger partial charge in [-0.25, -0.2) is 0 Å². The summed E-state index contributed by atoms with van der Waals surface area (Å²) >= 11 is 0. The Morgan fingerprint density at radius 2 is 2.00 bits per heavy atom. The minimum absolute atomic E-state index is 0.129. The minimum atomic E-state index is 0.129. The molecule has 0 amide bonds. The van der Waals surface area contributed by atoms with Crippen LogP contribution in [0.25, 0.3) is 0 Å². The number of benzene rings is 2. The van der Waals surface area contributed by atoms with E-state index >= 15 is 0 Å². The molecule has 2 heteroatoms. The number of nitrogens with one attached hydrogen (secondary N) is 1. The maximum absolute atomic E-state index is 12.6. The van der Waals surface area contributed by atoms with Crippen LogP contribution in [0.4, 0.5) is 5.69 Å². The minimum Gasteiger partial charge on any atom is -0.385 e. The van der Waals surface area contributed by atoms with Gasteiger partial charge in [-0.1, -0.05) is 35.9 Å². The number of hydrogen-bond acceptors (Lipinski definition) is 2. The third-order valence-electron chi connectivity index (χ3n) is 3.62. The molecule has 0 aliphatic carbocycles. The van der Waals surface area contributed by atoms with Crippen molar-refractivity contribution in [1.29, 1.82) is 0 Å². The third kappa shape index (κ3) is 2.26. The maximum atomic E-state index is 12.6. The van der Waals surface area contributed by atoms with Crippen LogP contribution in [0.5, 0.6) is 0 Å². The number of carbonyl (C=O) groups is 1. The number of anilines is 1. The van der Waals surface area contributed by atoms with Crippen molar-refractivity contribution >= 4 is 11.5 Å². The fourth-order valence-electron chi connectivity index (χ4n) is 2.66. The Morgan fingerprint density at radius 1 is 1.16 bits per heavy atom. The molecule has 1 aliphatic heterocycles. The molecule has 96 valence electrons. The summed E-state index contributed by atoms with van der Waals surface area (Å²) in [5.41, 5.74) is 5.02. The highest BCUT2D eigenvalue weighted by atomic mass is 16.1. The average Bonchev–Trinajstić information content (AvgIpc) is 2.46. The molecule has 0 saturated carbocycles. The van der Waals surface area contributed by atoms with Crippen molar-refractivity contribution in [1.82, 2.24) is 0 Å². The van der Waals surface area contributed by atoms with Crippen molar-refractivity contribution in [3.05, 3.63) is 64.7 Å². The van der Waals surface area contributed by atoms with Crippen LogP contribution in [0, 0.1) is 6.92 Å². The quantitative estimate of drug-likeness (QED) is 0.826. The molecular weight excluding hydrogens is 234 g/mol. The van der Waals surface area contributed by atoms with Crippen LogP contribution in [0.15, 0.2) is 42.5 Å². The molecule has 2 aromatic rings. The molecular formula is C17H17NO. The Morgan fingerprint density at radius 3 is 2.84 bits per heavy atom. The van der Waals surface area contributed by atoms with E-state index < -0.39 is 0 Å². The fraction of sp³-hybridized carbons (Fsp3) is 0.235. The lowest BCUT2D eigenvalue weighted by atomic mass is 9.92. The molecule has 19 heavy (non-hydrogen) atoms. The van der Waals surface area contributed by atoms with Gasteiger partial charge < -0.3 is 5.32 Å². The molecule has 0 saturated heterocycles. The molecule has 2 aromatic carbocycles. The number of carbonyl (C=O) groups excluding carboxylic acids is 1. The van der Waals surface area contributed by atoms with E-state index in [2.05, 4.69) is 11.4 Å². The van der Waals surface area contributed by atoms with Crippen molar-refractivity contribution in [2.45, 2.75) is 19.8 Å². The second kappa shape index (κ2) is 4.88. The second-order valence-electron chi connectivity index (χ2n) is 5.06. The first-order chi connectivity index (χ1) is 9.25. The molecule has 0 bridgehead atoms. The van der Waals surface area contributed by atoms with E-state index in [-0.39, 0.29) is 5.78 Å². The number of rotatable bonds is 2. The van der Waals surface area contributed by atoms with Crippen LogP contribution in [-0.2, 0) is 6.42 Å². The van der Waals surface area contributed by atoms with Gasteiger partial charge in [-0.2, -0.15) is 0 Å². The first-order valence-corrected chi connectivity index (χ1v) is 6.73. The fourth-order valence-corrected chi connectivity index (χ4v) is 2.66. The van der Waals surface area contributed by atoms with Gasteiger partial charge in [-0.05, 0) is 37.5 Å². The highest BCUT2D eigenvalue weighted by Gasteiger charge is 2.18. The van der Waals surface area contributed by atoms with E-state index in [0.717, 1.165) is 41.8 Å². The number of hydrogen-bond donors (Lipinski definition) is 1. The molecule has 3 rings (SSSR count). The highest BCUT2D eigenvalue weighted by Crippen LogP contribution is 2.27. The summed E-state index contributed by atoms with van der Waals surface area (Å²) in [6.45, 7) is 3.01. The van der Waals surface area contributed by atoms with Crippen molar-refractivity contribution in [2.24, 2.45) is 0 Å². The monoisotopic (exact) mass is 251 g/mol. The van der Waals surface area contributed by atoms with E-state index in [0.29, 0.717) is 0 Å². The molecule has 0 radical (unpaired) electrons. The predicted molar refractivity (Wildman–Crippen MR) is 77.9 cm³/mol.